The third-order valence-corrected chi connectivity index (χ3v) is 5.76. The van der Waals surface area contributed by atoms with Gasteiger partial charge in [-0.25, -0.2) is 14.8 Å². The average molecular weight is 491 g/mol. The zero-order valence-electron chi connectivity index (χ0n) is 18.2. The lowest BCUT2D eigenvalue weighted by Gasteiger charge is -2.15. The van der Waals surface area contributed by atoms with Crippen LogP contribution in [-0.2, 0) is 6.54 Å². The van der Waals surface area contributed by atoms with Gasteiger partial charge in [-0.2, -0.15) is 0 Å². The fraction of sp³-hybridized carbons (Fsp3) is 0.409. The molecule has 3 heterocycles. The number of fused-ring (bicyclic) bond motifs is 1. The number of aromatic nitrogens is 4. The molecule has 1 fully saturated rings. The second-order valence-corrected chi connectivity index (χ2v) is 9.34. The molecular weight excluding hydrogens is 467 g/mol. The number of H-pyrrole nitrogens is 1. The average Bonchev–Trinajstić information content (AvgIpc) is 3.59. The van der Waals surface area contributed by atoms with Crippen LogP contribution in [0.15, 0.2) is 27.9 Å². The molecule has 0 aliphatic heterocycles. The highest BCUT2D eigenvalue weighted by Crippen LogP contribution is 2.39. The van der Waals surface area contributed by atoms with E-state index in [9.17, 15) is 14.4 Å². The van der Waals surface area contributed by atoms with Gasteiger partial charge in [-0.1, -0.05) is 37.0 Å². The van der Waals surface area contributed by atoms with Gasteiger partial charge in [0, 0.05) is 37.4 Å². The molecule has 1 aliphatic rings. The van der Waals surface area contributed by atoms with Gasteiger partial charge < -0.3 is 10.6 Å². The summed E-state index contributed by atoms with van der Waals surface area (Å²) in [6, 6.07) is 3.24. The maximum atomic E-state index is 13.1. The molecule has 9 nitrogen and oxygen atoms in total. The standard InChI is InChI=1S/C22H24Cl2N6O3/c1-11(2)10-30-19-17(21(32)29-22(30)33)14(8-16(28-19)12-3-4-12)20(31)26-6-5-25-18-15(24)7-13(23)9-27-18/h7-9,11-12H,3-6,10H2,1-2H3,(H,25,27)(H,26,31)(H,29,32,33). The number of aromatic amines is 1. The minimum absolute atomic E-state index is 0.118. The first-order chi connectivity index (χ1) is 15.7. The van der Waals surface area contributed by atoms with Crippen molar-refractivity contribution >= 4 is 46.0 Å². The summed E-state index contributed by atoms with van der Waals surface area (Å²) in [6.45, 7) is 4.93. The van der Waals surface area contributed by atoms with Crippen LogP contribution in [0.25, 0.3) is 11.0 Å². The molecule has 0 spiro atoms. The largest absolute Gasteiger partial charge is 0.367 e. The van der Waals surface area contributed by atoms with Gasteiger partial charge in [-0.05, 0) is 30.9 Å². The Bertz CT molecular complexity index is 1330. The molecule has 0 unspecified atom stereocenters. The zero-order valence-corrected chi connectivity index (χ0v) is 19.8. The van der Waals surface area contributed by atoms with Crippen LogP contribution in [0.5, 0.6) is 0 Å². The molecular formula is C22H24Cl2N6O3. The number of anilines is 1. The number of carbonyl (C=O) groups is 1. The zero-order chi connectivity index (χ0) is 23.7. The maximum Gasteiger partial charge on any atom is 0.330 e. The number of pyridine rings is 2. The van der Waals surface area contributed by atoms with E-state index in [0.29, 0.717) is 29.0 Å². The van der Waals surface area contributed by atoms with E-state index in [1.807, 2.05) is 13.8 Å². The number of carbonyl (C=O) groups excluding carboxylic acids is 1. The summed E-state index contributed by atoms with van der Waals surface area (Å²) >= 11 is 11.9. The van der Waals surface area contributed by atoms with Gasteiger partial charge in [0.15, 0.2) is 5.65 Å². The lowest BCUT2D eigenvalue weighted by molar-refractivity contribution is 0.0956. The van der Waals surface area contributed by atoms with Gasteiger partial charge in [0.25, 0.3) is 11.5 Å². The summed E-state index contributed by atoms with van der Waals surface area (Å²) in [5.74, 6) is 0.429. The van der Waals surface area contributed by atoms with E-state index in [1.54, 1.807) is 12.1 Å². The van der Waals surface area contributed by atoms with E-state index in [4.69, 9.17) is 23.2 Å². The SMILES string of the molecule is CC(C)Cn1c(=O)[nH]c(=O)c2c(C(=O)NCCNc3ncc(Cl)cc3Cl)cc(C3CC3)nc21. The quantitative estimate of drug-likeness (QED) is 0.416. The molecule has 0 radical (unpaired) electrons. The predicted octanol–water partition coefficient (Wildman–Crippen LogP) is 3.16. The van der Waals surface area contributed by atoms with E-state index < -0.39 is 17.2 Å². The van der Waals surface area contributed by atoms with Gasteiger partial charge in [-0.3, -0.25) is 19.1 Å². The Balaban J connectivity index is 1.61. The van der Waals surface area contributed by atoms with Crippen LogP contribution < -0.4 is 21.9 Å². The molecule has 3 aromatic heterocycles. The highest BCUT2D eigenvalue weighted by molar-refractivity contribution is 6.35. The third kappa shape index (κ3) is 5.20. The summed E-state index contributed by atoms with van der Waals surface area (Å²) < 4.78 is 1.44. The van der Waals surface area contributed by atoms with Crippen LogP contribution in [0.1, 0.15) is 48.7 Å². The predicted molar refractivity (Wildman–Crippen MR) is 129 cm³/mol. The first-order valence-electron chi connectivity index (χ1n) is 10.8. The molecule has 0 atom stereocenters. The number of nitrogens with one attached hydrogen (secondary N) is 3. The minimum Gasteiger partial charge on any atom is -0.367 e. The highest BCUT2D eigenvalue weighted by atomic mass is 35.5. The van der Waals surface area contributed by atoms with Crippen molar-refractivity contribution in [2.75, 3.05) is 18.4 Å². The monoisotopic (exact) mass is 490 g/mol. The van der Waals surface area contributed by atoms with E-state index >= 15 is 0 Å². The van der Waals surface area contributed by atoms with Crippen molar-refractivity contribution in [2.24, 2.45) is 5.92 Å². The van der Waals surface area contributed by atoms with Crippen LogP contribution >= 0.6 is 23.2 Å². The van der Waals surface area contributed by atoms with Crippen molar-refractivity contribution in [3.05, 3.63) is 60.5 Å². The number of rotatable bonds is 8. The van der Waals surface area contributed by atoms with Gasteiger partial charge >= 0.3 is 5.69 Å². The maximum absolute atomic E-state index is 13.1. The molecule has 4 rings (SSSR count). The van der Waals surface area contributed by atoms with Crippen LogP contribution in [0.3, 0.4) is 0 Å². The molecule has 1 aliphatic carbocycles. The van der Waals surface area contributed by atoms with Crippen molar-refractivity contribution in [1.29, 1.82) is 0 Å². The number of halogens is 2. The molecule has 0 bridgehead atoms. The first kappa shape index (κ1) is 23.3. The molecule has 174 valence electrons. The Morgan fingerprint density at radius 3 is 2.67 bits per heavy atom. The second-order valence-electron chi connectivity index (χ2n) is 8.50. The van der Waals surface area contributed by atoms with Gasteiger partial charge in [0.1, 0.15) is 5.82 Å². The van der Waals surface area contributed by atoms with Gasteiger partial charge in [0.2, 0.25) is 0 Å². The number of hydrogen-bond donors (Lipinski definition) is 3. The van der Waals surface area contributed by atoms with Crippen molar-refractivity contribution < 1.29 is 4.79 Å². The number of amides is 1. The topological polar surface area (TPSA) is 122 Å². The Morgan fingerprint density at radius 2 is 2.00 bits per heavy atom. The Hall–Kier alpha value is -2.91. The molecule has 0 aromatic carbocycles. The lowest BCUT2D eigenvalue weighted by Crippen LogP contribution is -2.35. The number of nitrogens with zero attached hydrogens (tertiary/aromatic N) is 3. The molecule has 1 saturated carbocycles. The molecule has 3 aromatic rings. The normalized spacial score (nSPS) is 13.5. The molecule has 3 N–H and O–H groups in total. The van der Waals surface area contributed by atoms with E-state index in [2.05, 4.69) is 25.6 Å². The van der Waals surface area contributed by atoms with E-state index in [-0.39, 0.29) is 35.0 Å². The van der Waals surface area contributed by atoms with E-state index in [0.717, 1.165) is 18.5 Å². The number of hydrogen-bond acceptors (Lipinski definition) is 6. The van der Waals surface area contributed by atoms with E-state index in [1.165, 1.54) is 10.8 Å². The molecule has 33 heavy (non-hydrogen) atoms. The second kappa shape index (κ2) is 9.52. The summed E-state index contributed by atoms with van der Waals surface area (Å²) in [7, 11) is 0. The lowest BCUT2D eigenvalue weighted by atomic mass is 10.1. The van der Waals surface area contributed by atoms with Crippen LogP contribution in [-0.4, -0.2) is 38.5 Å². The fourth-order valence-electron chi connectivity index (χ4n) is 3.59. The molecule has 11 heteroatoms. The van der Waals surface area contributed by atoms with Crippen molar-refractivity contribution in [2.45, 2.75) is 39.2 Å². The summed E-state index contributed by atoms with van der Waals surface area (Å²) in [6.07, 6.45) is 3.41. The van der Waals surface area contributed by atoms with Crippen LogP contribution in [0.2, 0.25) is 10.0 Å². The first-order valence-corrected chi connectivity index (χ1v) is 11.5. The minimum atomic E-state index is -0.620. The van der Waals surface area contributed by atoms with Crippen molar-refractivity contribution in [1.82, 2.24) is 24.8 Å². The highest BCUT2D eigenvalue weighted by Gasteiger charge is 2.28. The van der Waals surface area contributed by atoms with Gasteiger partial charge in [-0.15, -0.1) is 0 Å². The smallest absolute Gasteiger partial charge is 0.330 e. The Labute approximate surface area is 199 Å². The van der Waals surface area contributed by atoms with Crippen molar-refractivity contribution in [3.8, 4) is 0 Å². The third-order valence-electron chi connectivity index (χ3n) is 5.27. The van der Waals surface area contributed by atoms with Gasteiger partial charge in [0.05, 0.1) is 21.0 Å². The Kier molecular flexibility index (Phi) is 6.71. The summed E-state index contributed by atoms with van der Waals surface area (Å²) in [4.78, 5) is 49.3. The fourth-order valence-corrected chi connectivity index (χ4v) is 4.04. The molecule has 1 amide bonds. The van der Waals surface area contributed by atoms with Crippen LogP contribution in [0.4, 0.5) is 5.82 Å². The summed E-state index contributed by atoms with van der Waals surface area (Å²) in [5, 5.41) is 6.76. The van der Waals surface area contributed by atoms with Crippen molar-refractivity contribution in [3.63, 3.8) is 0 Å². The Morgan fingerprint density at radius 1 is 1.24 bits per heavy atom. The molecule has 0 saturated heterocycles. The summed E-state index contributed by atoms with van der Waals surface area (Å²) in [5.41, 5.74) is 0.0471. The van der Waals surface area contributed by atoms with Crippen LogP contribution in [0, 0.1) is 5.92 Å².